The molecule has 0 radical (unpaired) electrons. The standard InChI is InChI=1S/C16H16ClFO/c1-10-6-7-12(8-11(10)2)9-15(19)13-4-3-5-14(18)16(13)17/h3-8,15,19H,9H2,1-2H3. The summed E-state index contributed by atoms with van der Waals surface area (Å²) in [5.41, 5.74) is 3.83. The molecule has 1 atom stereocenters. The maximum atomic E-state index is 13.4. The van der Waals surface area contributed by atoms with Crippen LogP contribution in [-0.4, -0.2) is 5.11 Å². The summed E-state index contributed by atoms with van der Waals surface area (Å²) in [6, 6.07) is 10.5. The second-order valence-electron chi connectivity index (χ2n) is 4.78. The molecule has 0 saturated heterocycles. The maximum absolute atomic E-state index is 13.4. The summed E-state index contributed by atoms with van der Waals surface area (Å²) in [7, 11) is 0. The molecule has 1 N–H and O–H groups in total. The monoisotopic (exact) mass is 278 g/mol. The molecule has 0 heterocycles. The number of hydrogen-bond acceptors (Lipinski definition) is 1. The second-order valence-corrected chi connectivity index (χ2v) is 5.16. The lowest BCUT2D eigenvalue weighted by atomic mass is 9.98. The van der Waals surface area contributed by atoms with Gasteiger partial charge in [0.1, 0.15) is 5.82 Å². The van der Waals surface area contributed by atoms with E-state index in [1.807, 2.05) is 32.0 Å². The fourth-order valence-corrected chi connectivity index (χ4v) is 2.29. The normalized spacial score (nSPS) is 12.5. The van der Waals surface area contributed by atoms with Gasteiger partial charge in [-0.3, -0.25) is 0 Å². The fourth-order valence-electron chi connectivity index (χ4n) is 2.04. The Morgan fingerprint density at radius 1 is 1.16 bits per heavy atom. The molecule has 2 aromatic rings. The van der Waals surface area contributed by atoms with Gasteiger partial charge in [0, 0.05) is 12.0 Å². The average molecular weight is 279 g/mol. The molecule has 0 amide bonds. The number of halogens is 2. The molecule has 0 saturated carbocycles. The first-order valence-corrected chi connectivity index (χ1v) is 6.55. The zero-order chi connectivity index (χ0) is 14.0. The summed E-state index contributed by atoms with van der Waals surface area (Å²) in [4.78, 5) is 0. The first-order valence-electron chi connectivity index (χ1n) is 6.17. The summed E-state index contributed by atoms with van der Waals surface area (Å²) in [6.07, 6.45) is -0.380. The van der Waals surface area contributed by atoms with Crippen LogP contribution in [-0.2, 0) is 6.42 Å². The third-order valence-electron chi connectivity index (χ3n) is 3.34. The van der Waals surface area contributed by atoms with Crippen LogP contribution in [0.15, 0.2) is 36.4 Å². The van der Waals surface area contributed by atoms with Crippen molar-refractivity contribution in [3.05, 3.63) is 69.5 Å². The number of rotatable bonds is 3. The van der Waals surface area contributed by atoms with Crippen molar-refractivity contribution in [2.75, 3.05) is 0 Å². The summed E-state index contributed by atoms with van der Waals surface area (Å²) < 4.78 is 13.4. The van der Waals surface area contributed by atoms with Crippen LogP contribution in [0.5, 0.6) is 0 Å². The molecule has 0 aliphatic rings. The van der Waals surface area contributed by atoms with Gasteiger partial charge in [-0.2, -0.15) is 0 Å². The number of aryl methyl sites for hydroxylation is 2. The van der Waals surface area contributed by atoms with Crippen molar-refractivity contribution < 1.29 is 9.50 Å². The summed E-state index contributed by atoms with van der Waals surface area (Å²) in [5, 5.41) is 10.2. The molecular formula is C16H16ClFO. The molecule has 0 aliphatic carbocycles. The van der Waals surface area contributed by atoms with Gasteiger partial charge in [-0.1, -0.05) is 41.9 Å². The van der Waals surface area contributed by atoms with E-state index in [0.29, 0.717) is 12.0 Å². The SMILES string of the molecule is Cc1ccc(CC(O)c2cccc(F)c2Cl)cc1C. The van der Waals surface area contributed by atoms with Gasteiger partial charge >= 0.3 is 0 Å². The van der Waals surface area contributed by atoms with Gasteiger partial charge in [-0.15, -0.1) is 0 Å². The van der Waals surface area contributed by atoms with Crippen molar-refractivity contribution in [1.82, 2.24) is 0 Å². The van der Waals surface area contributed by atoms with Crippen LogP contribution in [0.4, 0.5) is 4.39 Å². The van der Waals surface area contributed by atoms with Crippen LogP contribution < -0.4 is 0 Å². The van der Waals surface area contributed by atoms with Crippen LogP contribution in [0, 0.1) is 19.7 Å². The molecule has 0 aromatic heterocycles. The Bertz CT molecular complexity index is 595. The van der Waals surface area contributed by atoms with Crippen molar-refractivity contribution in [3.63, 3.8) is 0 Å². The zero-order valence-corrected chi connectivity index (χ0v) is 11.7. The predicted molar refractivity (Wildman–Crippen MR) is 76.0 cm³/mol. The van der Waals surface area contributed by atoms with E-state index in [-0.39, 0.29) is 5.02 Å². The van der Waals surface area contributed by atoms with Crippen LogP contribution in [0.3, 0.4) is 0 Å². The fraction of sp³-hybridized carbons (Fsp3) is 0.250. The highest BCUT2D eigenvalue weighted by atomic mass is 35.5. The lowest BCUT2D eigenvalue weighted by molar-refractivity contribution is 0.178. The van der Waals surface area contributed by atoms with E-state index in [4.69, 9.17) is 11.6 Å². The molecule has 2 rings (SSSR count). The molecule has 100 valence electrons. The second kappa shape index (κ2) is 5.72. The summed E-state index contributed by atoms with van der Waals surface area (Å²) in [5.74, 6) is -0.502. The smallest absolute Gasteiger partial charge is 0.142 e. The van der Waals surface area contributed by atoms with Crippen molar-refractivity contribution in [2.24, 2.45) is 0 Å². The highest BCUT2D eigenvalue weighted by molar-refractivity contribution is 6.31. The van der Waals surface area contributed by atoms with Crippen LogP contribution in [0.1, 0.15) is 28.4 Å². The number of benzene rings is 2. The van der Waals surface area contributed by atoms with Gasteiger partial charge in [-0.25, -0.2) is 4.39 Å². The van der Waals surface area contributed by atoms with Gasteiger partial charge in [-0.05, 0) is 36.6 Å². The average Bonchev–Trinajstić information content (AvgIpc) is 2.37. The lowest BCUT2D eigenvalue weighted by Crippen LogP contribution is -2.04. The Balaban J connectivity index is 2.23. The van der Waals surface area contributed by atoms with Crippen LogP contribution in [0.25, 0.3) is 0 Å². The van der Waals surface area contributed by atoms with Crippen LogP contribution in [0.2, 0.25) is 5.02 Å². The first-order chi connectivity index (χ1) is 8.99. The third kappa shape index (κ3) is 3.14. The third-order valence-corrected chi connectivity index (χ3v) is 3.74. The Hall–Kier alpha value is -1.38. The highest BCUT2D eigenvalue weighted by Gasteiger charge is 2.15. The zero-order valence-electron chi connectivity index (χ0n) is 11.0. The largest absolute Gasteiger partial charge is 0.388 e. The van der Waals surface area contributed by atoms with E-state index in [1.54, 1.807) is 12.1 Å². The molecule has 1 nitrogen and oxygen atoms in total. The van der Waals surface area contributed by atoms with E-state index in [1.165, 1.54) is 17.2 Å². The quantitative estimate of drug-likeness (QED) is 0.884. The molecule has 0 bridgehead atoms. The maximum Gasteiger partial charge on any atom is 0.142 e. The molecule has 19 heavy (non-hydrogen) atoms. The van der Waals surface area contributed by atoms with Crippen LogP contribution >= 0.6 is 11.6 Å². The number of aliphatic hydroxyl groups excluding tert-OH is 1. The first kappa shape index (κ1) is 14.0. The Morgan fingerprint density at radius 3 is 2.58 bits per heavy atom. The van der Waals surface area contributed by atoms with E-state index >= 15 is 0 Å². The van der Waals surface area contributed by atoms with E-state index in [9.17, 15) is 9.50 Å². The Labute approximate surface area is 117 Å². The van der Waals surface area contributed by atoms with Gasteiger partial charge < -0.3 is 5.11 Å². The van der Waals surface area contributed by atoms with E-state index in [0.717, 1.165) is 5.56 Å². The molecule has 2 aromatic carbocycles. The molecule has 0 spiro atoms. The van der Waals surface area contributed by atoms with E-state index < -0.39 is 11.9 Å². The lowest BCUT2D eigenvalue weighted by Gasteiger charge is -2.14. The topological polar surface area (TPSA) is 20.2 Å². The van der Waals surface area contributed by atoms with Crippen molar-refractivity contribution in [1.29, 1.82) is 0 Å². The number of hydrogen-bond donors (Lipinski definition) is 1. The summed E-state index contributed by atoms with van der Waals surface area (Å²) >= 11 is 5.88. The predicted octanol–water partition coefficient (Wildman–Crippen LogP) is 4.37. The molecular weight excluding hydrogens is 263 g/mol. The number of aliphatic hydroxyl groups is 1. The molecule has 1 unspecified atom stereocenters. The van der Waals surface area contributed by atoms with Crippen molar-refractivity contribution in [3.8, 4) is 0 Å². The van der Waals surface area contributed by atoms with Crippen molar-refractivity contribution in [2.45, 2.75) is 26.4 Å². The van der Waals surface area contributed by atoms with Gasteiger partial charge in [0.05, 0.1) is 11.1 Å². The Kier molecular flexibility index (Phi) is 4.23. The molecule has 0 fully saturated rings. The minimum atomic E-state index is -0.801. The highest BCUT2D eigenvalue weighted by Crippen LogP contribution is 2.28. The van der Waals surface area contributed by atoms with Gasteiger partial charge in [0.2, 0.25) is 0 Å². The van der Waals surface area contributed by atoms with Gasteiger partial charge in [0.15, 0.2) is 0 Å². The molecule has 0 aliphatic heterocycles. The van der Waals surface area contributed by atoms with Gasteiger partial charge in [0.25, 0.3) is 0 Å². The van der Waals surface area contributed by atoms with E-state index in [2.05, 4.69) is 0 Å². The summed E-state index contributed by atoms with van der Waals surface area (Å²) in [6.45, 7) is 4.07. The minimum Gasteiger partial charge on any atom is -0.388 e. The molecule has 3 heteroatoms. The minimum absolute atomic E-state index is 0.00108. The van der Waals surface area contributed by atoms with Crippen molar-refractivity contribution >= 4 is 11.6 Å². The Morgan fingerprint density at radius 2 is 1.89 bits per heavy atom.